The van der Waals surface area contributed by atoms with E-state index in [1.165, 1.54) is 6.07 Å². The van der Waals surface area contributed by atoms with Crippen molar-refractivity contribution in [2.45, 2.75) is 31.6 Å². The highest BCUT2D eigenvalue weighted by atomic mass is 79.9. The Morgan fingerprint density at radius 1 is 1.50 bits per heavy atom. The molecule has 0 aliphatic rings. The van der Waals surface area contributed by atoms with Crippen LogP contribution in [-0.2, 0) is 6.42 Å². The number of benzene rings is 1. The van der Waals surface area contributed by atoms with Crippen LogP contribution in [0, 0.1) is 5.82 Å². The summed E-state index contributed by atoms with van der Waals surface area (Å²) in [6.45, 7) is 1.99. The molecule has 1 unspecified atom stereocenters. The highest BCUT2D eigenvalue weighted by Crippen LogP contribution is 2.18. The van der Waals surface area contributed by atoms with Gasteiger partial charge in [0.2, 0.25) is 0 Å². The zero-order chi connectivity index (χ0) is 10.6. The molecule has 0 fully saturated rings. The maximum atomic E-state index is 12.9. The summed E-state index contributed by atoms with van der Waals surface area (Å²) in [7, 11) is 0. The molecule has 1 rings (SSSR count). The summed E-state index contributed by atoms with van der Waals surface area (Å²) < 4.78 is 13.4. The van der Waals surface area contributed by atoms with Gasteiger partial charge in [-0.05, 0) is 59.8 Å². The van der Waals surface area contributed by atoms with Crippen molar-refractivity contribution in [1.29, 1.82) is 0 Å². The molecule has 0 aliphatic carbocycles. The fourth-order valence-corrected chi connectivity index (χ4v) is 1.86. The van der Waals surface area contributed by atoms with Gasteiger partial charge < -0.3 is 0 Å². The molecule has 1 aromatic rings. The SMILES string of the molecule is CC(Cl)CCCc1ccc(F)c(Br)c1. The highest BCUT2D eigenvalue weighted by molar-refractivity contribution is 9.10. The minimum absolute atomic E-state index is 0.209. The molecular weight excluding hydrogens is 266 g/mol. The zero-order valence-corrected chi connectivity index (χ0v) is 10.4. The molecule has 78 valence electrons. The molecular formula is C11H13BrClF. The lowest BCUT2D eigenvalue weighted by Crippen LogP contribution is -1.93. The lowest BCUT2D eigenvalue weighted by molar-refractivity contribution is 0.619. The van der Waals surface area contributed by atoms with Gasteiger partial charge in [-0.25, -0.2) is 4.39 Å². The van der Waals surface area contributed by atoms with E-state index in [2.05, 4.69) is 15.9 Å². The molecule has 3 heteroatoms. The van der Waals surface area contributed by atoms with Crippen molar-refractivity contribution in [3.63, 3.8) is 0 Å². The Hall–Kier alpha value is -0.0800. The van der Waals surface area contributed by atoms with Crippen LogP contribution in [0.3, 0.4) is 0 Å². The molecule has 1 aromatic carbocycles. The van der Waals surface area contributed by atoms with Crippen LogP contribution in [0.25, 0.3) is 0 Å². The van der Waals surface area contributed by atoms with Crippen LogP contribution >= 0.6 is 27.5 Å². The molecule has 0 bridgehead atoms. The smallest absolute Gasteiger partial charge is 0.137 e. The minimum Gasteiger partial charge on any atom is -0.206 e. The Bertz CT molecular complexity index is 299. The molecule has 1 atom stereocenters. The topological polar surface area (TPSA) is 0 Å². The quantitative estimate of drug-likeness (QED) is 0.710. The Balaban J connectivity index is 2.47. The van der Waals surface area contributed by atoms with Gasteiger partial charge in [-0.1, -0.05) is 6.07 Å². The molecule has 0 aromatic heterocycles. The summed E-state index contributed by atoms with van der Waals surface area (Å²) in [6, 6.07) is 5.14. The maximum absolute atomic E-state index is 12.9. The molecule has 0 heterocycles. The Morgan fingerprint density at radius 2 is 2.21 bits per heavy atom. The molecule has 0 aliphatic heterocycles. The van der Waals surface area contributed by atoms with Gasteiger partial charge in [-0.3, -0.25) is 0 Å². The fourth-order valence-electron chi connectivity index (χ4n) is 1.28. The summed E-state index contributed by atoms with van der Waals surface area (Å²) in [6.07, 6.45) is 3.00. The van der Waals surface area contributed by atoms with E-state index in [-0.39, 0.29) is 11.2 Å². The summed E-state index contributed by atoms with van der Waals surface area (Å²) in [5, 5.41) is 0.221. The molecule has 0 spiro atoms. The van der Waals surface area contributed by atoms with Gasteiger partial charge in [0.05, 0.1) is 4.47 Å². The van der Waals surface area contributed by atoms with Gasteiger partial charge >= 0.3 is 0 Å². The van der Waals surface area contributed by atoms with Crippen LogP contribution in [0.4, 0.5) is 4.39 Å². The van der Waals surface area contributed by atoms with Crippen LogP contribution in [0.2, 0.25) is 0 Å². The van der Waals surface area contributed by atoms with Crippen LogP contribution in [0.1, 0.15) is 25.3 Å². The largest absolute Gasteiger partial charge is 0.206 e. The Labute approximate surface area is 97.6 Å². The first-order valence-corrected chi connectivity index (χ1v) is 5.90. The van der Waals surface area contributed by atoms with Gasteiger partial charge in [-0.15, -0.1) is 11.6 Å². The standard InChI is InChI=1S/C11H13BrClF/c1-8(13)3-2-4-9-5-6-11(14)10(12)7-9/h5-8H,2-4H2,1H3. The molecule has 0 amide bonds. The van der Waals surface area contributed by atoms with E-state index in [9.17, 15) is 4.39 Å². The van der Waals surface area contributed by atoms with E-state index in [0.717, 1.165) is 24.8 Å². The molecule has 0 N–H and O–H groups in total. The van der Waals surface area contributed by atoms with E-state index in [0.29, 0.717) is 4.47 Å². The number of alkyl halides is 1. The summed E-state index contributed by atoms with van der Waals surface area (Å²) in [4.78, 5) is 0. The first-order chi connectivity index (χ1) is 6.59. The predicted molar refractivity (Wildman–Crippen MR) is 62.4 cm³/mol. The number of hydrogen-bond donors (Lipinski definition) is 0. The maximum Gasteiger partial charge on any atom is 0.137 e. The van der Waals surface area contributed by atoms with Crippen molar-refractivity contribution in [1.82, 2.24) is 0 Å². The Morgan fingerprint density at radius 3 is 2.79 bits per heavy atom. The lowest BCUT2D eigenvalue weighted by atomic mass is 10.1. The second-order valence-electron chi connectivity index (χ2n) is 3.42. The van der Waals surface area contributed by atoms with Crippen molar-refractivity contribution < 1.29 is 4.39 Å². The second-order valence-corrected chi connectivity index (χ2v) is 5.02. The van der Waals surface area contributed by atoms with Crippen molar-refractivity contribution in [2.75, 3.05) is 0 Å². The van der Waals surface area contributed by atoms with E-state index < -0.39 is 0 Å². The van der Waals surface area contributed by atoms with Crippen molar-refractivity contribution in [3.05, 3.63) is 34.1 Å². The number of aryl methyl sites for hydroxylation is 1. The van der Waals surface area contributed by atoms with Gasteiger partial charge in [0.1, 0.15) is 5.82 Å². The first kappa shape index (κ1) is 12.0. The van der Waals surface area contributed by atoms with E-state index >= 15 is 0 Å². The average molecular weight is 280 g/mol. The molecule has 0 saturated heterocycles. The predicted octanol–water partition coefficient (Wildman–Crippen LogP) is 4.54. The first-order valence-electron chi connectivity index (χ1n) is 4.67. The van der Waals surface area contributed by atoms with Crippen LogP contribution < -0.4 is 0 Å². The van der Waals surface area contributed by atoms with Crippen molar-refractivity contribution in [2.24, 2.45) is 0 Å². The number of hydrogen-bond acceptors (Lipinski definition) is 0. The van der Waals surface area contributed by atoms with Crippen molar-refractivity contribution >= 4 is 27.5 Å². The molecule has 0 radical (unpaired) electrons. The van der Waals surface area contributed by atoms with Gasteiger partial charge in [0.15, 0.2) is 0 Å². The second kappa shape index (κ2) is 5.72. The van der Waals surface area contributed by atoms with Gasteiger partial charge in [0, 0.05) is 5.38 Å². The monoisotopic (exact) mass is 278 g/mol. The Kier molecular flexibility index (Phi) is 4.90. The summed E-state index contributed by atoms with van der Waals surface area (Å²) >= 11 is 9.00. The van der Waals surface area contributed by atoms with Crippen LogP contribution in [0.5, 0.6) is 0 Å². The lowest BCUT2D eigenvalue weighted by Gasteiger charge is -2.04. The fraction of sp³-hybridized carbons (Fsp3) is 0.455. The molecule has 14 heavy (non-hydrogen) atoms. The zero-order valence-electron chi connectivity index (χ0n) is 8.06. The van der Waals surface area contributed by atoms with Crippen LogP contribution in [0.15, 0.2) is 22.7 Å². The molecule has 0 saturated carbocycles. The summed E-state index contributed by atoms with van der Waals surface area (Å²) in [5.41, 5.74) is 1.15. The number of rotatable bonds is 4. The average Bonchev–Trinajstić information content (AvgIpc) is 2.10. The van der Waals surface area contributed by atoms with E-state index in [1.54, 1.807) is 0 Å². The van der Waals surface area contributed by atoms with E-state index in [1.807, 2.05) is 19.1 Å². The third-order valence-electron chi connectivity index (χ3n) is 2.05. The third-order valence-corrected chi connectivity index (χ3v) is 2.88. The normalized spacial score (nSPS) is 12.9. The van der Waals surface area contributed by atoms with Crippen LogP contribution in [-0.4, -0.2) is 5.38 Å². The molecule has 0 nitrogen and oxygen atoms in total. The van der Waals surface area contributed by atoms with Gasteiger partial charge in [0.25, 0.3) is 0 Å². The summed E-state index contributed by atoms with van der Waals surface area (Å²) in [5.74, 6) is -0.209. The van der Waals surface area contributed by atoms with Gasteiger partial charge in [-0.2, -0.15) is 0 Å². The third kappa shape index (κ3) is 3.97. The van der Waals surface area contributed by atoms with E-state index in [4.69, 9.17) is 11.6 Å². The van der Waals surface area contributed by atoms with Crippen molar-refractivity contribution in [3.8, 4) is 0 Å². The highest BCUT2D eigenvalue weighted by Gasteiger charge is 2.01. The minimum atomic E-state index is -0.209. The number of halogens is 3.